The van der Waals surface area contributed by atoms with Gasteiger partial charge in [-0.05, 0) is 56.0 Å². The third kappa shape index (κ3) is 5.26. The summed E-state index contributed by atoms with van der Waals surface area (Å²) < 4.78 is 41.2. The number of amides is 1. The first-order valence-corrected chi connectivity index (χ1v) is 12.2. The maximum Gasteiger partial charge on any atom is 0.243 e. The number of benzene rings is 2. The highest BCUT2D eigenvalue weighted by Crippen LogP contribution is 2.30. The third-order valence-electron chi connectivity index (χ3n) is 5.65. The molecule has 1 N–H and O–H groups in total. The highest BCUT2D eigenvalue weighted by Gasteiger charge is 2.31. The number of rotatable bonds is 8. The van der Waals surface area contributed by atoms with Gasteiger partial charge in [0.05, 0.1) is 11.4 Å². The molecule has 2 aromatic rings. The van der Waals surface area contributed by atoms with Crippen LogP contribution in [0.3, 0.4) is 0 Å². The van der Waals surface area contributed by atoms with Gasteiger partial charge in [-0.15, -0.1) is 0 Å². The molecule has 1 heterocycles. The predicted octanol–water partition coefficient (Wildman–Crippen LogP) is 3.87. The van der Waals surface area contributed by atoms with Gasteiger partial charge in [0.2, 0.25) is 15.9 Å². The third-order valence-corrected chi connectivity index (χ3v) is 7.90. The van der Waals surface area contributed by atoms with Crippen molar-refractivity contribution in [2.45, 2.75) is 43.2 Å². The number of carbonyl (C=O) groups excluding carboxylic acids is 1. The van der Waals surface area contributed by atoms with Gasteiger partial charge in [-0.25, -0.2) is 12.8 Å². The Morgan fingerprint density at radius 2 is 1.87 bits per heavy atom. The Balaban J connectivity index is 1.44. The van der Waals surface area contributed by atoms with Crippen LogP contribution in [0.25, 0.3) is 0 Å². The maximum atomic E-state index is 14.2. The molecular weight excluding hydrogens is 441 g/mol. The lowest BCUT2D eigenvalue weighted by molar-refractivity contribution is -0.117. The fraction of sp³-hybridized carbons (Fsp3) is 0.409. The summed E-state index contributed by atoms with van der Waals surface area (Å²) in [5, 5.41) is 3.12. The summed E-state index contributed by atoms with van der Waals surface area (Å²) in [6.07, 6.45) is 3.61. The van der Waals surface area contributed by atoms with Crippen LogP contribution in [-0.4, -0.2) is 49.2 Å². The van der Waals surface area contributed by atoms with Crippen LogP contribution in [0.2, 0.25) is 5.02 Å². The Morgan fingerprint density at radius 3 is 2.55 bits per heavy atom. The van der Waals surface area contributed by atoms with Crippen molar-refractivity contribution in [3.8, 4) is 0 Å². The van der Waals surface area contributed by atoms with E-state index >= 15 is 0 Å². The van der Waals surface area contributed by atoms with Gasteiger partial charge in [0.15, 0.2) is 0 Å². The molecular formula is C22H25ClFN3O3S. The number of carbonyl (C=O) groups is 1. The van der Waals surface area contributed by atoms with Gasteiger partial charge in [-0.2, -0.15) is 4.31 Å². The van der Waals surface area contributed by atoms with Crippen LogP contribution in [0, 0.1) is 5.82 Å². The number of sulfonamides is 1. The molecule has 2 aliphatic rings. The number of anilines is 1. The number of hydrogen-bond donors (Lipinski definition) is 1. The molecule has 2 fully saturated rings. The SMILES string of the molecule is O=C(CN(Cc1c(F)cccc1Cl)C1CC1)Nc1cccc(S(=O)(=O)N2CCCC2)c1. The summed E-state index contributed by atoms with van der Waals surface area (Å²) >= 11 is 6.15. The van der Waals surface area contributed by atoms with Crippen molar-refractivity contribution in [3.63, 3.8) is 0 Å². The minimum atomic E-state index is -3.56. The summed E-state index contributed by atoms with van der Waals surface area (Å²) in [4.78, 5) is 14.8. The minimum absolute atomic E-state index is 0.0679. The topological polar surface area (TPSA) is 69.7 Å². The second-order valence-corrected chi connectivity index (χ2v) is 10.4. The zero-order chi connectivity index (χ0) is 22.0. The summed E-state index contributed by atoms with van der Waals surface area (Å²) in [5.41, 5.74) is 0.799. The number of nitrogens with one attached hydrogen (secondary N) is 1. The van der Waals surface area contributed by atoms with E-state index in [0.29, 0.717) is 29.4 Å². The molecule has 1 saturated carbocycles. The first-order valence-electron chi connectivity index (χ1n) is 10.4. The summed E-state index contributed by atoms with van der Waals surface area (Å²) in [5.74, 6) is -0.673. The van der Waals surface area contributed by atoms with Gasteiger partial charge in [-0.3, -0.25) is 9.69 Å². The van der Waals surface area contributed by atoms with Crippen LogP contribution in [0.4, 0.5) is 10.1 Å². The molecule has 1 saturated heterocycles. The lowest BCUT2D eigenvalue weighted by Crippen LogP contribution is -2.35. The van der Waals surface area contributed by atoms with Gasteiger partial charge in [0.1, 0.15) is 5.82 Å². The number of hydrogen-bond acceptors (Lipinski definition) is 4. The number of nitrogens with zero attached hydrogens (tertiary/aromatic N) is 2. The molecule has 31 heavy (non-hydrogen) atoms. The average Bonchev–Trinajstić information content (AvgIpc) is 3.42. The highest BCUT2D eigenvalue weighted by atomic mass is 35.5. The molecule has 0 atom stereocenters. The Labute approximate surface area is 187 Å². The van der Waals surface area contributed by atoms with E-state index in [-0.39, 0.29) is 29.9 Å². The van der Waals surface area contributed by atoms with E-state index in [2.05, 4.69) is 5.32 Å². The van der Waals surface area contributed by atoms with Crippen molar-refractivity contribution < 1.29 is 17.6 Å². The maximum absolute atomic E-state index is 14.2. The summed E-state index contributed by atoms with van der Waals surface area (Å²) in [7, 11) is -3.56. The van der Waals surface area contributed by atoms with Gasteiger partial charge >= 0.3 is 0 Å². The molecule has 2 aromatic carbocycles. The fourth-order valence-corrected chi connectivity index (χ4v) is 5.62. The largest absolute Gasteiger partial charge is 0.325 e. The highest BCUT2D eigenvalue weighted by molar-refractivity contribution is 7.89. The minimum Gasteiger partial charge on any atom is -0.325 e. The second-order valence-electron chi connectivity index (χ2n) is 8.02. The normalized spacial score (nSPS) is 17.3. The molecule has 4 rings (SSSR count). The van der Waals surface area contributed by atoms with E-state index in [1.54, 1.807) is 30.3 Å². The fourth-order valence-electron chi connectivity index (χ4n) is 3.84. The molecule has 1 aliphatic carbocycles. The first-order chi connectivity index (χ1) is 14.8. The summed E-state index contributed by atoms with van der Waals surface area (Å²) in [6, 6.07) is 11.1. The van der Waals surface area contributed by atoms with Crippen molar-refractivity contribution in [1.29, 1.82) is 0 Å². The van der Waals surface area contributed by atoms with Gasteiger partial charge < -0.3 is 5.32 Å². The lowest BCUT2D eigenvalue weighted by atomic mass is 10.2. The van der Waals surface area contributed by atoms with E-state index < -0.39 is 15.8 Å². The Morgan fingerprint density at radius 1 is 1.16 bits per heavy atom. The Kier molecular flexibility index (Phi) is 6.62. The lowest BCUT2D eigenvalue weighted by Gasteiger charge is -2.22. The molecule has 1 aliphatic heterocycles. The standard InChI is InChI=1S/C22H25ClFN3O3S/c23-20-7-4-8-21(24)19(20)14-26(17-9-10-17)15-22(28)25-16-5-3-6-18(13-16)31(29,30)27-11-1-2-12-27/h3-8,13,17H,1-2,9-12,14-15H2,(H,25,28). The van der Waals surface area contributed by atoms with Crippen molar-refractivity contribution in [2.75, 3.05) is 25.0 Å². The van der Waals surface area contributed by atoms with Crippen LogP contribution in [0.15, 0.2) is 47.4 Å². The molecule has 0 aromatic heterocycles. The molecule has 6 nitrogen and oxygen atoms in total. The quantitative estimate of drug-likeness (QED) is 0.642. The van der Waals surface area contributed by atoms with E-state index in [1.807, 2.05) is 4.90 Å². The van der Waals surface area contributed by atoms with E-state index in [4.69, 9.17) is 11.6 Å². The molecule has 9 heteroatoms. The van der Waals surface area contributed by atoms with E-state index in [1.165, 1.54) is 16.4 Å². The van der Waals surface area contributed by atoms with Crippen molar-refractivity contribution >= 4 is 33.2 Å². The Hall–Kier alpha value is -2.00. The second kappa shape index (κ2) is 9.24. The molecule has 0 bridgehead atoms. The zero-order valence-electron chi connectivity index (χ0n) is 17.1. The van der Waals surface area contributed by atoms with Crippen LogP contribution in [0.5, 0.6) is 0 Å². The van der Waals surface area contributed by atoms with Crippen molar-refractivity contribution in [2.24, 2.45) is 0 Å². The van der Waals surface area contributed by atoms with Crippen LogP contribution >= 0.6 is 11.6 Å². The van der Waals surface area contributed by atoms with Crippen LogP contribution < -0.4 is 5.32 Å². The van der Waals surface area contributed by atoms with Gasteiger partial charge in [0, 0.05) is 41.9 Å². The monoisotopic (exact) mass is 465 g/mol. The molecule has 1 amide bonds. The van der Waals surface area contributed by atoms with Gasteiger partial charge in [0.25, 0.3) is 0 Å². The Bertz CT molecular complexity index is 1050. The van der Waals surface area contributed by atoms with E-state index in [9.17, 15) is 17.6 Å². The van der Waals surface area contributed by atoms with Crippen molar-refractivity contribution in [3.05, 3.63) is 58.9 Å². The van der Waals surface area contributed by atoms with Gasteiger partial charge in [-0.1, -0.05) is 23.7 Å². The average molecular weight is 466 g/mol. The smallest absolute Gasteiger partial charge is 0.243 e. The number of halogens is 2. The van der Waals surface area contributed by atoms with Crippen LogP contribution in [0.1, 0.15) is 31.2 Å². The molecule has 0 unspecified atom stereocenters. The molecule has 0 spiro atoms. The first kappa shape index (κ1) is 22.2. The zero-order valence-corrected chi connectivity index (χ0v) is 18.6. The van der Waals surface area contributed by atoms with E-state index in [0.717, 1.165) is 25.7 Å². The molecule has 166 valence electrons. The summed E-state index contributed by atoms with van der Waals surface area (Å²) in [6.45, 7) is 1.35. The van der Waals surface area contributed by atoms with Crippen LogP contribution in [-0.2, 0) is 21.4 Å². The molecule has 0 radical (unpaired) electrons. The predicted molar refractivity (Wildman–Crippen MR) is 118 cm³/mol. The van der Waals surface area contributed by atoms with Crippen molar-refractivity contribution in [1.82, 2.24) is 9.21 Å².